The molecule has 0 radical (unpaired) electrons. The van der Waals surface area contributed by atoms with Crippen molar-refractivity contribution < 1.29 is 14.3 Å². The fourth-order valence-corrected chi connectivity index (χ4v) is 1.96. The largest absolute Gasteiger partial charge is 0.495 e. The number of carbonyl (C=O) groups excluding carboxylic acids is 1. The van der Waals surface area contributed by atoms with Gasteiger partial charge < -0.3 is 15.2 Å². The molecule has 1 aliphatic rings. The number of rotatable bonds is 4. The van der Waals surface area contributed by atoms with Crippen LogP contribution in [0, 0.1) is 0 Å². The molecule has 0 aliphatic carbocycles. The number of Topliss-reactive ketones (excluding diaryl/α,β-unsaturated/α-hetero) is 1. The van der Waals surface area contributed by atoms with E-state index in [0.29, 0.717) is 36.8 Å². The van der Waals surface area contributed by atoms with Gasteiger partial charge in [0.25, 0.3) is 0 Å². The van der Waals surface area contributed by atoms with Crippen molar-refractivity contribution in [2.45, 2.75) is 0 Å². The lowest BCUT2D eigenvalue weighted by Gasteiger charge is -2.25. The van der Waals surface area contributed by atoms with E-state index in [1.165, 1.54) is 0 Å². The number of benzene rings is 1. The number of nitrogens with zero attached hydrogens (tertiary/aromatic N) is 1. The zero-order valence-electron chi connectivity index (χ0n) is 10.5. The van der Waals surface area contributed by atoms with E-state index < -0.39 is 0 Å². The predicted molar refractivity (Wildman–Crippen MR) is 69.0 cm³/mol. The number of ketones is 1. The summed E-state index contributed by atoms with van der Waals surface area (Å²) in [4.78, 5) is 14.2. The van der Waals surface area contributed by atoms with Crippen LogP contribution >= 0.6 is 0 Å². The molecule has 1 heterocycles. The topological polar surface area (TPSA) is 64.8 Å². The second-order valence-corrected chi connectivity index (χ2v) is 4.27. The van der Waals surface area contributed by atoms with Crippen LogP contribution in [0.2, 0.25) is 0 Å². The minimum atomic E-state index is 0.0752. The molecule has 2 rings (SSSR count). The number of nitrogens with two attached hydrogens (primary N) is 1. The van der Waals surface area contributed by atoms with E-state index in [2.05, 4.69) is 4.90 Å². The normalized spacial score (nSPS) is 16.5. The Labute approximate surface area is 106 Å². The van der Waals surface area contributed by atoms with Gasteiger partial charge in [0.2, 0.25) is 0 Å². The van der Waals surface area contributed by atoms with Crippen LogP contribution in [0.1, 0.15) is 10.4 Å². The van der Waals surface area contributed by atoms with Crippen LogP contribution < -0.4 is 10.5 Å². The first-order valence-corrected chi connectivity index (χ1v) is 5.97. The number of hydrogen-bond donors (Lipinski definition) is 1. The average Bonchev–Trinajstić information content (AvgIpc) is 2.39. The summed E-state index contributed by atoms with van der Waals surface area (Å²) < 4.78 is 10.3. The van der Waals surface area contributed by atoms with Gasteiger partial charge in [0, 0.05) is 18.7 Å². The molecule has 0 spiro atoms. The Kier molecular flexibility index (Phi) is 4.17. The van der Waals surface area contributed by atoms with E-state index in [1.807, 2.05) is 0 Å². The highest BCUT2D eigenvalue weighted by atomic mass is 16.5. The van der Waals surface area contributed by atoms with Crippen LogP contribution in [0.5, 0.6) is 5.75 Å². The Bertz CT molecular complexity index is 428. The van der Waals surface area contributed by atoms with Crippen molar-refractivity contribution in [3.63, 3.8) is 0 Å². The van der Waals surface area contributed by atoms with Crippen LogP contribution in [0.15, 0.2) is 18.2 Å². The lowest BCUT2D eigenvalue weighted by Crippen LogP contribution is -2.39. The van der Waals surface area contributed by atoms with E-state index >= 15 is 0 Å². The van der Waals surface area contributed by atoms with E-state index in [4.69, 9.17) is 15.2 Å². The zero-order chi connectivity index (χ0) is 13.0. The Morgan fingerprint density at radius 2 is 2.17 bits per heavy atom. The molecule has 18 heavy (non-hydrogen) atoms. The molecule has 1 aromatic carbocycles. The number of morpholine rings is 1. The van der Waals surface area contributed by atoms with Crippen LogP contribution in [0.3, 0.4) is 0 Å². The van der Waals surface area contributed by atoms with Gasteiger partial charge in [-0.25, -0.2) is 0 Å². The molecule has 0 bridgehead atoms. The fraction of sp³-hybridized carbons (Fsp3) is 0.462. The highest BCUT2D eigenvalue weighted by Gasteiger charge is 2.16. The van der Waals surface area contributed by atoms with Gasteiger partial charge in [0.15, 0.2) is 5.78 Å². The number of hydrogen-bond acceptors (Lipinski definition) is 5. The van der Waals surface area contributed by atoms with Crippen molar-refractivity contribution in [3.8, 4) is 5.75 Å². The number of ether oxygens (including phenoxy) is 2. The molecule has 0 unspecified atom stereocenters. The first-order valence-electron chi connectivity index (χ1n) is 5.97. The van der Waals surface area contributed by atoms with Crippen molar-refractivity contribution in [2.75, 3.05) is 45.7 Å². The Morgan fingerprint density at radius 1 is 1.44 bits per heavy atom. The predicted octanol–water partition coefficient (Wildman–Crippen LogP) is 0.792. The minimum absolute atomic E-state index is 0.0752. The summed E-state index contributed by atoms with van der Waals surface area (Å²) in [5, 5.41) is 0. The summed E-state index contributed by atoms with van der Waals surface area (Å²) in [5.41, 5.74) is 6.91. The highest BCUT2D eigenvalue weighted by molar-refractivity contribution is 5.98. The zero-order valence-corrected chi connectivity index (χ0v) is 10.5. The van der Waals surface area contributed by atoms with Gasteiger partial charge in [0.1, 0.15) is 5.75 Å². The van der Waals surface area contributed by atoms with E-state index in [0.717, 1.165) is 13.1 Å². The molecular formula is C13H18N2O3. The molecule has 0 atom stereocenters. The van der Waals surface area contributed by atoms with E-state index in [1.54, 1.807) is 25.3 Å². The summed E-state index contributed by atoms with van der Waals surface area (Å²) in [5.74, 6) is 0.671. The second-order valence-electron chi connectivity index (χ2n) is 4.27. The van der Waals surface area contributed by atoms with Crippen molar-refractivity contribution >= 4 is 11.5 Å². The maximum Gasteiger partial charge on any atom is 0.176 e. The number of carbonyl (C=O) groups is 1. The molecule has 1 aliphatic heterocycles. The molecule has 0 amide bonds. The van der Waals surface area contributed by atoms with Crippen molar-refractivity contribution in [3.05, 3.63) is 23.8 Å². The third kappa shape index (κ3) is 3.00. The lowest BCUT2D eigenvalue weighted by molar-refractivity contribution is 0.0371. The van der Waals surface area contributed by atoms with Crippen LogP contribution in [-0.2, 0) is 4.74 Å². The first kappa shape index (κ1) is 12.9. The maximum atomic E-state index is 12.1. The quantitative estimate of drug-likeness (QED) is 0.632. The van der Waals surface area contributed by atoms with Gasteiger partial charge in [-0.2, -0.15) is 0 Å². The van der Waals surface area contributed by atoms with Gasteiger partial charge >= 0.3 is 0 Å². The lowest BCUT2D eigenvalue weighted by atomic mass is 10.1. The standard InChI is InChI=1S/C13H18N2O3/c1-17-13-3-2-10(8-11(13)14)12(16)9-15-4-6-18-7-5-15/h2-3,8H,4-7,9,14H2,1H3. The van der Waals surface area contributed by atoms with E-state index in [9.17, 15) is 4.79 Å². The Morgan fingerprint density at radius 3 is 2.78 bits per heavy atom. The third-order valence-electron chi connectivity index (χ3n) is 3.02. The summed E-state index contributed by atoms with van der Waals surface area (Å²) in [7, 11) is 1.56. The molecule has 1 aromatic rings. The minimum Gasteiger partial charge on any atom is -0.495 e. The van der Waals surface area contributed by atoms with Gasteiger partial charge in [-0.3, -0.25) is 9.69 Å². The number of anilines is 1. The van der Waals surface area contributed by atoms with Crippen LogP contribution in [0.25, 0.3) is 0 Å². The first-order chi connectivity index (χ1) is 8.70. The summed E-state index contributed by atoms with van der Waals surface area (Å²) in [6.45, 7) is 3.40. The number of methoxy groups -OCH3 is 1. The molecule has 98 valence electrons. The van der Waals surface area contributed by atoms with Crippen LogP contribution in [-0.4, -0.2) is 50.6 Å². The molecular weight excluding hydrogens is 232 g/mol. The van der Waals surface area contributed by atoms with E-state index in [-0.39, 0.29) is 5.78 Å². The fourth-order valence-electron chi connectivity index (χ4n) is 1.96. The van der Waals surface area contributed by atoms with Crippen molar-refractivity contribution in [1.29, 1.82) is 0 Å². The monoisotopic (exact) mass is 250 g/mol. The Balaban J connectivity index is 2.01. The second kappa shape index (κ2) is 5.84. The van der Waals surface area contributed by atoms with Gasteiger partial charge in [0.05, 0.1) is 32.6 Å². The van der Waals surface area contributed by atoms with Crippen LogP contribution in [0.4, 0.5) is 5.69 Å². The molecule has 1 saturated heterocycles. The molecule has 5 heteroatoms. The third-order valence-corrected chi connectivity index (χ3v) is 3.02. The summed E-state index contributed by atoms with van der Waals surface area (Å²) in [6, 6.07) is 5.14. The highest BCUT2D eigenvalue weighted by Crippen LogP contribution is 2.22. The van der Waals surface area contributed by atoms with Gasteiger partial charge in [-0.05, 0) is 18.2 Å². The van der Waals surface area contributed by atoms with Gasteiger partial charge in [-0.15, -0.1) is 0 Å². The summed E-state index contributed by atoms with van der Waals surface area (Å²) >= 11 is 0. The van der Waals surface area contributed by atoms with Gasteiger partial charge in [-0.1, -0.05) is 0 Å². The molecule has 0 saturated carbocycles. The molecule has 2 N–H and O–H groups in total. The molecule has 0 aromatic heterocycles. The molecule has 5 nitrogen and oxygen atoms in total. The van der Waals surface area contributed by atoms with Crippen molar-refractivity contribution in [2.24, 2.45) is 0 Å². The smallest absolute Gasteiger partial charge is 0.176 e. The SMILES string of the molecule is COc1ccc(C(=O)CN2CCOCC2)cc1N. The molecule has 1 fully saturated rings. The van der Waals surface area contributed by atoms with Crippen molar-refractivity contribution in [1.82, 2.24) is 4.90 Å². The number of nitrogen functional groups attached to an aromatic ring is 1. The average molecular weight is 250 g/mol. The summed E-state index contributed by atoms with van der Waals surface area (Å²) in [6.07, 6.45) is 0. The maximum absolute atomic E-state index is 12.1. The Hall–Kier alpha value is -1.59.